The third kappa shape index (κ3) is 4.23. The minimum Gasteiger partial charge on any atom is -0.337 e. The van der Waals surface area contributed by atoms with Gasteiger partial charge in [0.1, 0.15) is 0 Å². The van der Waals surface area contributed by atoms with Crippen molar-refractivity contribution in [3.63, 3.8) is 0 Å². The van der Waals surface area contributed by atoms with Gasteiger partial charge in [0.05, 0.1) is 21.8 Å². The van der Waals surface area contributed by atoms with Crippen molar-refractivity contribution in [3.05, 3.63) is 58.3 Å². The monoisotopic (exact) mass is 427 g/mol. The van der Waals surface area contributed by atoms with Crippen molar-refractivity contribution in [3.8, 4) is 11.1 Å². The Bertz CT molecular complexity index is 1220. The van der Waals surface area contributed by atoms with Gasteiger partial charge in [-0.05, 0) is 62.9 Å². The number of hydrogen-bond donors (Lipinski definition) is 2. The summed E-state index contributed by atoms with van der Waals surface area (Å²) in [5.41, 5.74) is 5.63. The van der Waals surface area contributed by atoms with Gasteiger partial charge < -0.3 is 4.52 Å². The molecule has 1 aromatic heterocycles. The zero-order valence-corrected chi connectivity index (χ0v) is 18.7. The number of aryl methyl sites for hydroxylation is 5. The van der Waals surface area contributed by atoms with Crippen LogP contribution in [0.3, 0.4) is 0 Å². The van der Waals surface area contributed by atoms with Crippen LogP contribution in [0, 0.1) is 34.6 Å². The second kappa shape index (κ2) is 7.95. The number of anilines is 2. The molecule has 0 saturated heterocycles. The Morgan fingerprint density at radius 3 is 2.20 bits per heavy atom. The molecule has 8 heteroatoms. The van der Waals surface area contributed by atoms with E-state index in [9.17, 15) is 13.2 Å². The van der Waals surface area contributed by atoms with Gasteiger partial charge in [0, 0.05) is 6.92 Å². The summed E-state index contributed by atoms with van der Waals surface area (Å²) in [6, 6.07) is 8.95. The van der Waals surface area contributed by atoms with E-state index in [2.05, 4.69) is 15.2 Å². The maximum atomic E-state index is 13.3. The number of carbonyl (C=O) groups is 1. The molecule has 1 amide bonds. The lowest BCUT2D eigenvalue weighted by atomic mass is 10.0. The Labute approximate surface area is 176 Å². The molecule has 3 rings (SSSR count). The molecule has 1 heterocycles. The number of sulfonamides is 1. The standard InChI is InChI=1S/C22H25N3O4S/c1-12-9-14(3)21(15(4)10-12)25-30(27,28)19-11-18(8-7-13(19)2)20-16(5)24-29-22(20)23-17(6)26/h7-11,25H,1-6H3,(H,23,26). The molecule has 158 valence electrons. The highest BCUT2D eigenvalue weighted by molar-refractivity contribution is 7.92. The maximum absolute atomic E-state index is 13.3. The van der Waals surface area contributed by atoms with Gasteiger partial charge in [-0.15, -0.1) is 0 Å². The molecule has 0 spiro atoms. The predicted molar refractivity (Wildman–Crippen MR) is 117 cm³/mol. The van der Waals surface area contributed by atoms with Gasteiger partial charge in [-0.25, -0.2) is 8.42 Å². The summed E-state index contributed by atoms with van der Waals surface area (Å²) in [6.45, 7) is 10.6. The van der Waals surface area contributed by atoms with Crippen LogP contribution >= 0.6 is 0 Å². The number of hydrogen-bond acceptors (Lipinski definition) is 5. The van der Waals surface area contributed by atoms with Crippen LogP contribution in [0.5, 0.6) is 0 Å². The third-order valence-corrected chi connectivity index (χ3v) is 6.32. The number of rotatable bonds is 5. The van der Waals surface area contributed by atoms with Crippen molar-refractivity contribution in [1.82, 2.24) is 5.16 Å². The summed E-state index contributed by atoms with van der Waals surface area (Å²) < 4.78 is 34.5. The first-order chi connectivity index (χ1) is 14.0. The average molecular weight is 428 g/mol. The van der Waals surface area contributed by atoms with Crippen molar-refractivity contribution >= 4 is 27.5 Å². The Hall–Kier alpha value is -3.13. The summed E-state index contributed by atoms with van der Waals surface area (Å²) in [5.74, 6) is -0.121. The molecule has 2 N–H and O–H groups in total. The van der Waals surface area contributed by atoms with E-state index in [1.807, 2.05) is 32.9 Å². The van der Waals surface area contributed by atoms with Crippen LogP contribution < -0.4 is 10.0 Å². The van der Waals surface area contributed by atoms with Gasteiger partial charge in [0.25, 0.3) is 10.0 Å². The average Bonchev–Trinajstić information content (AvgIpc) is 2.98. The smallest absolute Gasteiger partial charge is 0.262 e. The van der Waals surface area contributed by atoms with E-state index in [1.54, 1.807) is 32.0 Å². The number of carbonyl (C=O) groups excluding carboxylic acids is 1. The predicted octanol–water partition coefficient (Wildman–Crippen LogP) is 4.64. The van der Waals surface area contributed by atoms with Gasteiger partial charge in [-0.2, -0.15) is 0 Å². The molecule has 30 heavy (non-hydrogen) atoms. The Morgan fingerprint density at radius 1 is 0.967 bits per heavy atom. The first-order valence-electron chi connectivity index (χ1n) is 9.45. The van der Waals surface area contributed by atoms with Gasteiger partial charge in [0.15, 0.2) is 0 Å². The minimum absolute atomic E-state index is 0.147. The van der Waals surface area contributed by atoms with Crippen molar-refractivity contribution in [2.45, 2.75) is 46.4 Å². The van der Waals surface area contributed by atoms with Crippen LogP contribution in [0.25, 0.3) is 11.1 Å². The fourth-order valence-corrected chi connectivity index (χ4v) is 5.01. The summed E-state index contributed by atoms with van der Waals surface area (Å²) in [6.07, 6.45) is 0. The molecule has 0 bridgehead atoms. The second-order valence-electron chi connectivity index (χ2n) is 7.51. The maximum Gasteiger partial charge on any atom is 0.262 e. The largest absolute Gasteiger partial charge is 0.337 e. The number of nitrogens with zero attached hydrogens (tertiary/aromatic N) is 1. The second-order valence-corrected chi connectivity index (χ2v) is 9.16. The summed E-state index contributed by atoms with van der Waals surface area (Å²) >= 11 is 0. The van der Waals surface area contributed by atoms with E-state index in [0.717, 1.165) is 16.7 Å². The zero-order valence-electron chi connectivity index (χ0n) is 17.9. The molecule has 0 unspecified atom stereocenters. The number of amides is 1. The summed E-state index contributed by atoms with van der Waals surface area (Å²) in [5, 5.41) is 6.50. The molecule has 0 aliphatic carbocycles. The topological polar surface area (TPSA) is 101 Å². The fourth-order valence-electron chi connectivity index (χ4n) is 3.53. The van der Waals surface area contributed by atoms with E-state index in [0.29, 0.717) is 28.1 Å². The van der Waals surface area contributed by atoms with E-state index >= 15 is 0 Å². The highest BCUT2D eigenvalue weighted by Crippen LogP contribution is 2.34. The molecule has 3 aromatic rings. The summed E-state index contributed by atoms with van der Waals surface area (Å²) in [7, 11) is -3.85. The van der Waals surface area contributed by atoms with Crippen LogP contribution in [-0.2, 0) is 14.8 Å². The lowest BCUT2D eigenvalue weighted by Gasteiger charge is -2.16. The van der Waals surface area contributed by atoms with Gasteiger partial charge in [-0.3, -0.25) is 14.8 Å². The van der Waals surface area contributed by atoms with Crippen LogP contribution in [-0.4, -0.2) is 19.5 Å². The van der Waals surface area contributed by atoms with Crippen LogP contribution in [0.2, 0.25) is 0 Å². The Kier molecular flexibility index (Phi) is 5.72. The van der Waals surface area contributed by atoms with Crippen molar-refractivity contribution < 1.29 is 17.7 Å². The first kappa shape index (κ1) is 21.6. The van der Waals surface area contributed by atoms with Crippen molar-refractivity contribution in [1.29, 1.82) is 0 Å². The summed E-state index contributed by atoms with van der Waals surface area (Å²) in [4.78, 5) is 11.6. The number of benzene rings is 2. The lowest BCUT2D eigenvalue weighted by Crippen LogP contribution is -2.16. The zero-order chi connectivity index (χ0) is 22.2. The highest BCUT2D eigenvalue weighted by Gasteiger charge is 2.23. The quantitative estimate of drug-likeness (QED) is 0.617. The van der Waals surface area contributed by atoms with Crippen molar-refractivity contribution in [2.75, 3.05) is 10.0 Å². The lowest BCUT2D eigenvalue weighted by molar-refractivity contribution is -0.114. The molecule has 0 atom stereocenters. The third-order valence-electron chi connectivity index (χ3n) is 4.83. The van der Waals surface area contributed by atoms with Crippen LogP contribution in [0.15, 0.2) is 39.8 Å². The van der Waals surface area contributed by atoms with Crippen LogP contribution in [0.1, 0.15) is 34.9 Å². The van der Waals surface area contributed by atoms with E-state index in [1.165, 1.54) is 6.92 Å². The first-order valence-corrected chi connectivity index (χ1v) is 10.9. The van der Waals surface area contributed by atoms with E-state index < -0.39 is 10.0 Å². The molecular formula is C22H25N3O4S. The Balaban J connectivity index is 2.08. The molecular weight excluding hydrogens is 402 g/mol. The van der Waals surface area contributed by atoms with Crippen LogP contribution in [0.4, 0.5) is 11.6 Å². The molecule has 2 aromatic carbocycles. The molecule has 0 fully saturated rings. The highest BCUT2D eigenvalue weighted by atomic mass is 32.2. The van der Waals surface area contributed by atoms with Crippen molar-refractivity contribution in [2.24, 2.45) is 0 Å². The molecule has 0 aliphatic heterocycles. The molecule has 7 nitrogen and oxygen atoms in total. The van der Waals surface area contributed by atoms with Gasteiger partial charge in [-0.1, -0.05) is 35.0 Å². The SMILES string of the molecule is CC(=O)Nc1onc(C)c1-c1ccc(C)c(S(=O)(=O)Nc2c(C)cc(C)cc2C)c1. The number of nitrogens with one attached hydrogen (secondary N) is 2. The number of aromatic nitrogens is 1. The van der Waals surface area contributed by atoms with Gasteiger partial charge >= 0.3 is 0 Å². The van der Waals surface area contributed by atoms with E-state index in [-0.39, 0.29) is 16.7 Å². The minimum atomic E-state index is -3.85. The molecule has 0 radical (unpaired) electrons. The Morgan fingerprint density at radius 2 is 1.60 bits per heavy atom. The fraction of sp³-hybridized carbons (Fsp3) is 0.273. The molecule has 0 saturated carbocycles. The molecule has 0 aliphatic rings. The van der Waals surface area contributed by atoms with E-state index in [4.69, 9.17) is 4.52 Å². The normalized spacial score (nSPS) is 11.4. The van der Waals surface area contributed by atoms with Gasteiger partial charge in [0.2, 0.25) is 11.8 Å².